The van der Waals surface area contributed by atoms with Crippen LogP contribution < -0.4 is 4.90 Å². The van der Waals surface area contributed by atoms with E-state index in [1.54, 1.807) is 0 Å². The fourth-order valence-electron chi connectivity index (χ4n) is 2.80. The average Bonchev–Trinajstić information content (AvgIpc) is 2.39. The van der Waals surface area contributed by atoms with Gasteiger partial charge in [0, 0.05) is 18.8 Å². The van der Waals surface area contributed by atoms with E-state index >= 15 is 0 Å². The zero-order valence-corrected chi connectivity index (χ0v) is 11.4. The van der Waals surface area contributed by atoms with Gasteiger partial charge in [-0.1, -0.05) is 32.9 Å². The maximum atomic E-state index is 2.55. The van der Waals surface area contributed by atoms with E-state index in [0.29, 0.717) is 0 Å². The van der Waals surface area contributed by atoms with Crippen molar-refractivity contribution in [2.75, 3.05) is 18.0 Å². The molecule has 94 valence electrons. The Labute approximate surface area is 106 Å². The second-order valence-electron chi connectivity index (χ2n) is 5.59. The molecular formula is C16H25N. The summed E-state index contributed by atoms with van der Waals surface area (Å²) in [6.45, 7) is 9.41. The summed E-state index contributed by atoms with van der Waals surface area (Å²) in [6, 6.07) is 9.04. The lowest BCUT2D eigenvalue weighted by Gasteiger charge is -2.35. The summed E-state index contributed by atoms with van der Waals surface area (Å²) in [6.07, 6.45) is 3.85. The Morgan fingerprint density at radius 3 is 2.53 bits per heavy atom. The van der Waals surface area contributed by atoms with Gasteiger partial charge in [0.15, 0.2) is 0 Å². The Morgan fingerprint density at radius 2 is 1.94 bits per heavy atom. The number of piperidine rings is 1. The minimum atomic E-state index is 0.846. The van der Waals surface area contributed by atoms with Gasteiger partial charge in [0.25, 0.3) is 0 Å². The van der Waals surface area contributed by atoms with Crippen LogP contribution in [-0.4, -0.2) is 13.1 Å². The quantitative estimate of drug-likeness (QED) is 0.756. The number of anilines is 1. The first-order valence-electron chi connectivity index (χ1n) is 7.04. The predicted molar refractivity (Wildman–Crippen MR) is 75.6 cm³/mol. The van der Waals surface area contributed by atoms with Crippen LogP contribution in [0.4, 0.5) is 5.69 Å². The highest BCUT2D eigenvalue weighted by Gasteiger charge is 2.21. The van der Waals surface area contributed by atoms with Crippen molar-refractivity contribution in [3.05, 3.63) is 29.8 Å². The third kappa shape index (κ3) is 3.02. The third-order valence-electron chi connectivity index (χ3n) is 4.17. The van der Waals surface area contributed by atoms with Crippen LogP contribution in [0.3, 0.4) is 0 Å². The first-order chi connectivity index (χ1) is 8.20. The molecule has 1 aliphatic rings. The van der Waals surface area contributed by atoms with Crippen LogP contribution in [0, 0.1) is 11.8 Å². The second-order valence-corrected chi connectivity index (χ2v) is 5.59. The molecule has 0 bridgehead atoms. The monoisotopic (exact) mass is 231 g/mol. The molecule has 1 aromatic rings. The van der Waals surface area contributed by atoms with E-state index in [-0.39, 0.29) is 0 Å². The SMILES string of the molecule is CCc1cccc(N2CCC(C(C)C)CC2)c1. The topological polar surface area (TPSA) is 3.24 Å². The van der Waals surface area contributed by atoms with Crippen molar-refractivity contribution in [3.8, 4) is 0 Å². The highest BCUT2D eigenvalue weighted by molar-refractivity contribution is 5.48. The molecule has 1 aliphatic heterocycles. The van der Waals surface area contributed by atoms with Crippen molar-refractivity contribution in [3.63, 3.8) is 0 Å². The molecule has 1 aromatic carbocycles. The molecule has 0 unspecified atom stereocenters. The minimum absolute atomic E-state index is 0.846. The summed E-state index contributed by atoms with van der Waals surface area (Å²) >= 11 is 0. The Kier molecular flexibility index (Phi) is 4.09. The van der Waals surface area contributed by atoms with Crippen LogP contribution in [0.25, 0.3) is 0 Å². The zero-order valence-electron chi connectivity index (χ0n) is 11.4. The Bertz CT molecular complexity index is 348. The van der Waals surface area contributed by atoms with E-state index in [1.165, 1.54) is 37.2 Å². The fourth-order valence-corrected chi connectivity index (χ4v) is 2.80. The number of benzene rings is 1. The number of nitrogens with zero attached hydrogens (tertiary/aromatic N) is 1. The van der Waals surface area contributed by atoms with Gasteiger partial charge in [-0.05, 0) is 48.8 Å². The molecule has 17 heavy (non-hydrogen) atoms. The minimum Gasteiger partial charge on any atom is -0.372 e. The molecule has 1 heteroatoms. The van der Waals surface area contributed by atoms with Crippen LogP contribution in [0.2, 0.25) is 0 Å². The molecule has 0 amide bonds. The number of hydrogen-bond donors (Lipinski definition) is 0. The Hall–Kier alpha value is -0.980. The summed E-state index contributed by atoms with van der Waals surface area (Å²) in [7, 11) is 0. The van der Waals surface area contributed by atoms with Gasteiger partial charge in [-0.3, -0.25) is 0 Å². The van der Waals surface area contributed by atoms with Gasteiger partial charge >= 0.3 is 0 Å². The van der Waals surface area contributed by atoms with Crippen molar-refractivity contribution in [2.45, 2.75) is 40.0 Å². The largest absolute Gasteiger partial charge is 0.372 e. The maximum Gasteiger partial charge on any atom is 0.0368 e. The van der Waals surface area contributed by atoms with E-state index in [2.05, 4.69) is 49.9 Å². The summed E-state index contributed by atoms with van der Waals surface area (Å²) in [5.74, 6) is 1.78. The van der Waals surface area contributed by atoms with Gasteiger partial charge in [-0.15, -0.1) is 0 Å². The number of aryl methyl sites for hydroxylation is 1. The van der Waals surface area contributed by atoms with Gasteiger partial charge in [-0.25, -0.2) is 0 Å². The number of hydrogen-bond acceptors (Lipinski definition) is 1. The molecule has 0 atom stereocenters. The van der Waals surface area contributed by atoms with Crippen molar-refractivity contribution in [1.29, 1.82) is 0 Å². The van der Waals surface area contributed by atoms with Gasteiger partial charge < -0.3 is 4.90 Å². The van der Waals surface area contributed by atoms with Crippen molar-refractivity contribution in [2.24, 2.45) is 11.8 Å². The van der Waals surface area contributed by atoms with Gasteiger partial charge in [-0.2, -0.15) is 0 Å². The maximum absolute atomic E-state index is 2.55. The van der Waals surface area contributed by atoms with E-state index < -0.39 is 0 Å². The Morgan fingerprint density at radius 1 is 1.24 bits per heavy atom. The first kappa shape index (κ1) is 12.5. The molecule has 0 saturated carbocycles. The lowest BCUT2D eigenvalue weighted by Crippen LogP contribution is -2.35. The van der Waals surface area contributed by atoms with E-state index in [1.807, 2.05) is 0 Å². The van der Waals surface area contributed by atoms with Gasteiger partial charge in [0.1, 0.15) is 0 Å². The fraction of sp³-hybridized carbons (Fsp3) is 0.625. The van der Waals surface area contributed by atoms with E-state index in [4.69, 9.17) is 0 Å². The molecule has 1 heterocycles. The Balaban J connectivity index is 2.00. The van der Waals surface area contributed by atoms with Crippen LogP contribution in [0.15, 0.2) is 24.3 Å². The summed E-state index contributed by atoms with van der Waals surface area (Å²) in [5, 5.41) is 0. The van der Waals surface area contributed by atoms with Gasteiger partial charge in [0.2, 0.25) is 0 Å². The average molecular weight is 231 g/mol. The van der Waals surface area contributed by atoms with Crippen molar-refractivity contribution in [1.82, 2.24) is 0 Å². The zero-order chi connectivity index (χ0) is 12.3. The molecule has 0 aliphatic carbocycles. The standard InChI is InChI=1S/C16H25N/c1-4-14-6-5-7-16(12-14)17-10-8-15(9-11-17)13(2)3/h5-7,12-13,15H,4,8-11H2,1-3H3. The van der Waals surface area contributed by atoms with Crippen molar-refractivity contribution < 1.29 is 0 Å². The molecule has 0 aromatic heterocycles. The predicted octanol–water partition coefficient (Wildman–Crippen LogP) is 4.12. The first-order valence-corrected chi connectivity index (χ1v) is 7.04. The highest BCUT2D eigenvalue weighted by Crippen LogP contribution is 2.28. The third-order valence-corrected chi connectivity index (χ3v) is 4.17. The van der Waals surface area contributed by atoms with Crippen LogP contribution in [0.1, 0.15) is 39.2 Å². The van der Waals surface area contributed by atoms with Crippen molar-refractivity contribution >= 4 is 5.69 Å². The highest BCUT2D eigenvalue weighted by atomic mass is 15.1. The smallest absolute Gasteiger partial charge is 0.0368 e. The summed E-state index contributed by atoms with van der Waals surface area (Å²) in [5.41, 5.74) is 2.88. The van der Waals surface area contributed by atoms with E-state index in [9.17, 15) is 0 Å². The second kappa shape index (κ2) is 5.57. The van der Waals surface area contributed by atoms with E-state index in [0.717, 1.165) is 18.3 Å². The molecule has 1 saturated heterocycles. The lowest BCUT2D eigenvalue weighted by molar-refractivity contribution is 0.311. The van der Waals surface area contributed by atoms with Crippen LogP contribution in [-0.2, 0) is 6.42 Å². The number of rotatable bonds is 3. The summed E-state index contributed by atoms with van der Waals surface area (Å²) in [4.78, 5) is 2.55. The van der Waals surface area contributed by atoms with Crippen LogP contribution in [0.5, 0.6) is 0 Å². The molecule has 2 rings (SSSR count). The summed E-state index contributed by atoms with van der Waals surface area (Å²) < 4.78 is 0. The normalized spacial score (nSPS) is 17.8. The lowest BCUT2D eigenvalue weighted by atomic mass is 9.86. The molecule has 0 N–H and O–H groups in total. The molecule has 1 fully saturated rings. The molecule has 0 spiro atoms. The van der Waals surface area contributed by atoms with Crippen LogP contribution >= 0.6 is 0 Å². The molecule has 1 nitrogen and oxygen atoms in total. The van der Waals surface area contributed by atoms with Gasteiger partial charge in [0.05, 0.1) is 0 Å². The molecule has 0 radical (unpaired) electrons. The molecular weight excluding hydrogens is 206 g/mol.